The van der Waals surface area contributed by atoms with Crippen LogP contribution in [0.25, 0.3) is 0 Å². The van der Waals surface area contributed by atoms with Crippen molar-refractivity contribution in [3.8, 4) is 0 Å². The standard InChI is InChI=1S/C10H16N2O2/c11-9(10(13)14)6-2-1-4-8-5-3-7-12-8/h3,5,7,9,12H,1-2,4,6,11H2,(H,13,14)/t9-/m0/s1. The number of rotatable bonds is 6. The first-order valence-electron chi connectivity index (χ1n) is 4.81. The predicted molar refractivity (Wildman–Crippen MR) is 54.0 cm³/mol. The lowest BCUT2D eigenvalue weighted by Crippen LogP contribution is -2.29. The minimum Gasteiger partial charge on any atom is -0.480 e. The van der Waals surface area contributed by atoms with Crippen molar-refractivity contribution in [2.45, 2.75) is 31.7 Å². The Labute approximate surface area is 83.1 Å². The summed E-state index contributed by atoms with van der Waals surface area (Å²) < 4.78 is 0. The number of carboxylic acid groups (broad SMARTS) is 1. The molecule has 0 unspecified atom stereocenters. The Morgan fingerprint density at radius 1 is 1.57 bits per heavy atom. The van der Waals surface area contributed by atoms with Crippen molar-refractivity contribution in [3.05, 3.63) is 24.0 Å². The molecular formula is C10H16N2O2. The van der Waals surface area contributed by atoms with E-state index in [4.69, 9.17) is 10.8 Å². The van der Waals surface area contributed by atoms with Crippen LogP contribution in [-0.2, 0) is 11.2 Å². The molecule has 0 aromatic carbocycles. The molecular weight excluding hydrogens is 180 g/mol. The zero-order valence-corrected chi connectivity index (χ0v) is 8.07. The maximum Gasteiger partial charge on any atom is 0.320 e. The summed E-state index contributed by atoms with van der Waals surface area (Å²) in [7, 11) is 0. The molecule has 1 aromatic heterocycles. The molecule has 0 radical (unpaired) electrons. The Hall–Kier alpha value is -1.29. The zero-order chi connectivity index (χ0) is 10.4. The third kappa shape index (κ3) is 3.62. The number of aromatic amines is 1. The van der Waals surface area contributed by atoms with Gasteiger partial charge in [-0.2, -0.15) is 0 Å². The second-order valence-corrected chi connectivity index (χ2v) is 3.39. The van der Waals surface area contributed by atoms with Crippen molar-refractivity contribution < 1.29 is 9.90 Å². The van der Waals surface area contributed by atoms with Crippen molar-refractivity contribution in [2.24, 2.45) is 5.73 Å². The van der Waals surface area contributed by atoms with Crippen LogP contribution in [0.5, 0.6) is 0 Å². The van der Waals surface area contributed by atoms with Gasteiger partial charge in [0.1, 0.15) is 6.04 Å². The van der Waals surface area contributed by atoms with Gasteiger partial charge in [-0.1, -0.05) is 6.42 Å². The number of H-pyrrole nitrogens is 1. The molecule has 0 saturated heterocycles. The van der Waals surface area contributed by atoms with Crippen LogP contribution in [0.4, 0.5) is 0 Å². The van der Waals surface area contributed by atoms with Gasteiger partial charge in [0.25, 0.3) is 0 Å². The maximum atomic E-state index is 10.4. The van der Waals surface area contributed by atoms with Gasteiger partial charge in [0.05, 0.1) is 0 Å². The Morgan fingerprint density at radius 3 is 2.93 bits per heavy atom. The quantitative estimate of drug-likeness (QED) is 0.597. The molecule has 1 aromatic rings. The van der Waals surface area contributed by atoms with Gasteiger partial charge in [-0.05, 0) is 31.4 Å². The van der Waals surface area contributed by atoms with Crippen molar-refractivity contribution in [1.29, 1.82) is 0 Å². The molecule has 0 saturated carbocycles. The number of nitrogens with two attached hydrogens (primary N) is 1. The van der Waals surface area contributed by atoms with Crippen LogP contribution in [0.15, 0.2) is 18.3 Å². The first-order chi connectivity index (χ1) is 6.70. The number of aryl methyl sites for hydroxylation is 1. The van der Waals surface area contributed by atoms with Crippen LogP contribution in [0.2, 0.25) is 0 Å². The molecule has 78 valence electrons. The number of unbranched alkanes of at least 4 members (excludes halogenated alkanes) is 1. The number of aromatic nitrogens is 1. The number of nitrogens with one attached hydrogen (secondary N) is 1. The average molecular weight is 196 g/mol. The van der Waals surface area contributed by atoms with Gasteiger partial charge in [0.2, 0.25) is 0 Å². The first kappa shape index (κ1) is 10.8. The fraction of sp³-hybridized carbons (Fsp3) is 0.500. The van der Waals surface area contributed by atoms with Gasteiger partial charge in [0.15, 0.2) is 0 Å². The molecule has 0 bridgehead atoms. The van der Waals surface area contributed by atoms with Crippen molar-refractivity contribution in [1.82, 2.24) is 4.98 Å². The van der Waals surface area contributed by atoms with Crippen LogP contribution in [-0.4, -0.2) is 22.1 Å². The zero-order valence-electron chi connectivity index (χ0n) is 8.07. The lowest BCUT2D eigenvalue weighted by Gasteiger charge is -2.04. The topological polar surface area (TPSA) is 79.1 Å². The SMILES string of the molecule is N[C@@H](CCCCc1ccc[nH]1)C(=O)O. The molecule has 0 amide bonds. The molecule has 4 nitrogen and oxygen atoms in total. The van der Waals surface area contributed by atoms with Crippen LogP contribution in [0.3, 0.4) is 0 Å². The van der Waals surface area contributed by atoms with Gasteiger partial charge in [-0.25, -0.2) is 0 Å². The van der Waals surface area contributed by atoms with Crippen LogP contribution < -0.4 is 5.73 Å². The van der Waals surface area contributed by atoms with E-state index < -0.39 is 12.0 Å². The minimum absolute atomic E-state index is 0.552. The smallest absolute Gasteiger partial charge is 0.320 e. The summed E-state index contributed by atoms with van der Waals surface area (Å²) in [6.07, 6.45) is 5.22. The highest BCUT2D eigenvalue weighted by molar-refractivity contribution is 5.72. The van der Waals surface area contributed by atoms with Crippen molar-refractivity contribution >= 4 is 5.97 Å². The van der Waals surface area contributed by atoms with E-state index in [1.807, 2.05) is 18.3 Å². The van der Waals surface area contributed by atoms with Crippen molar-refractivity contribution in [3.63, 3.8) is 0 Å². The molecule has 4 N–H and O–H groups in total. The Kier molecular flexibility index (Phi) is 4.19. The van der Waals surface area contributed by atoms with Crippen LogP contribution in [0.1, 0.15) is 25.0 Å². The van der Waals surface area contributed by atoms with Crippen molar-refractivity contribution in [2.75, 3.05) is 0 Å². The van der Waals surface area contributed by atoms with Gasteiger partial charge >= 0.3 is 5.97 Å². The van der Waals surface area contributed by atoms with E-state index in [2.05, 4.69) is 4.98 Å². The lowest BCUT2D eigenvalue weighted by molar-refractivity contribution is -0.138. The molecule has 0 aliphatic rings. The highest BCUT2D eigenvalue weighted by atomic mass is 16.4. The number of hydrogen-bond acceptors (Lipinski definition) is 2. The Bertz CT molecular complexity index is 270. The first-order valence-corrected chi connectivity index (χ1v) is 4.81. The number of carboxylic acids is 1. The van der Waals surface area contributed by atoms with E-state index in [1.54, 1.807) is 0 Å². The van der Waals surface area contributed by atoms with Gasteiger partial charge < -0.3 is 15.8 Å². The monoisotopic (exact) mass is 196 g/mol. The molecule has 1 heterocycles. The average Bonchev–Trinajstić information content (AvgIpc) is 2.64. The molecule has 1 rings (SSSR count). The third-order valence-corrected chi connectivity index (χ3v) is 2.19. The van der Waals surface area contributed by atoms with Crippen LogP contribution >= 0.6 is 0 Å². The van der Waals surface area contributed by atoms with E-state index in [9.17, 15) is 4.79 Å². The number of hydrogen-bond donors (Lipinski definition) is 3. The number of aliphatic carboxylic acids is 1. The molecule has 1 atom stereocenters. The fourth-order valence-electron chi connectivity index (χ4n) is 1.33. The third-order valence-electron chi connectivity index (χ3n) is 2.19. The Balaban J connectivity index is 2.08. The molecule has 0 aliphatic heterocycles. The summed E-state index contributed by atoms with van der Waals surface area (Å²) in [5.74, 6) is -0.912. The van der Waals surface area contributed by atoms with E-state index >= 15 is 0 Å². The molecule has 0 spiro atoms. The summed E-state index contributed by atoms with van der Waals surface area (Å²) in [6, 6.07) is 3.27. The van der Waals surface area contributed by atoms with E-state index in [-0.39, 0.29) is 0 Å². The molecule has 0 aliphatic carbocycles. The molecule has 14 heavy (non-hydrogen) atoms. The van der Waals surface area contributed by atoms with E-state index in [0.717, 1.165) is 19.3 Å². The highest BCUT2D eigenvalue weighted by Gasteiger charge is 2.09. The van der Waals surface area contributed by atoms with Gasteiger partial charge in [-0.3, -0.25) is 4.79 Å². The minimum atomic E-state index is -0.912. The summed E-state index contributed by atoms with van der Waals surface area (Å²) in [5.41, 5.74) is 6.56. The predicted octanol–water partition coefficient (Wildman–Crippen LogP) is 1.14. The van der Waals surface area contributed by atoms with Gasteiger partial charge in [0, 0.05) is 11.9 Å². The second kappa shape index (κ2) is 5.44. The number of carbonyl (C=O) groups is 1. The summed E-state index contributed by atoms with van der Waals surface area (Å²) in [5, 5.41) is 8.53. The second-order valence-electron chi connectivity index (χ2n) is 3.39. The van der Waals surface area contributed by atoms with Gasteiger partial charge in [-0.15, -0.1) is 0 Å². The van der Waals surface area contributed by atoms with E-state index in [0.29, 0.717) is 6.42 Å². The van der Waals surface area contributed by atoms with Crippen LogP contribution in [0, 0.1) is 0 Å². The normalized spacial score (nSPS) is 12.6. The lowest BCUT2D eigenvalue weighted by atomic mass is 10.1. The van der Waals surface area contributed by atoms with E-state index in [1.165, 1.54) is 5.69 Å². The summed E-state index contributed by atoms with van der Waals surface area (Å²) >= 11 is 0. The molecule has 4 heteroatoms. The summed E-state index contributed by atoms with van der Waals surface area (Å²) in [6.45, 7) is 0. The maximum absolute atomic E-state index is 10.4. The fourth-order valence-corrected chi connectivity index (χ4v) is 1.33. The largest absolute Gasteiger partial charge is 0.480 e. The Morgan fingerprint density at radius 2 is 2.36 bits per heavy atom. The molecule has 0 fully saturated rings. The summed E-state index contributed by atoms with van der Waals surface area (Å²) in [4.78, 5) is 13.5. The highest BCUT2D eigenvalue weighted by Crippen LogP contribution is 2.05.